The molecule has 2 rings (SSSR count). The SMILES string of the molecule is CC1(C)CC(N2CCS(=O)(=O)CC2CC(=O)O)CCO1. The Kier molecular flexibility index (Phi) is 4.41. The summed E-state index contributed by atoms with van der Waals surface area (Å²) in [5.41, 5.74) is -0.229. The van der Waals surface area contributed by atoms with Gasteiger partial charge >= 0.3 is 5.97 Å². The summed E-state index contributed by atoms with van der Waals surface area (Å²) in [4.78, 5) is 13.1. The van der Waals surface area contributed by atoms with Crippen LogP contribution >= 0.6 is 0 Å². The lowest BCUT2D eigenvalue weighted by Gasteiger charge is -2.45. The number of carboxylic acids is 1. The second-order valence-corrected chi connectivity index (χ2v) is 8.59. The van der Waals surface area contributed by atoms with E-state index in [1.54, 1.807) is 0 Å². The third-order valence-corrected chi connectivity index (χ3v) is 5.82. The Morgan fingerprint density at radius 2 is 2.15 bits per heavy atom. The summed E-state index contributed by atoms with van der Waals surface area (Å²) in [6, 6.07) is -0.205. The van der Waals surface area contributed by atoms with Gasteiger partial charge in [0.1, 0.15) is 0 Å². The maximum Gasteiger partial charge on any atom is 0.304 e. The van der Waals surface area contributed by atoms with Crippen LogP contribution in [0.2, 0.25) is 0 Å². The molecular formula is C13H23NO5S. The van der Waals surface area contributed by atoms with E-state index in [-0.39, 0.29) is 29.6 Å². The third-order valence-electron chi connectivity index (χ3n) is 4.13. The maximum atomic E-state index is 11.8. The molecule has 20 heavy (non-hydrogen) atoms. The lowest BCUT2D eigenvalue weighted by Crippen LogP contribution is -2.56. The van der Waals surface area contributed by atoms with Crippen LogP contribution in [0.1, 0.15) is 33.1 Å². The third kappa shape index (κ3) is 3.93. The van der Waals surface area contributed by atoms with Crippen molar-refractivity contribution in [2.75, 3.05) is 24.7 Å². The van der Waals surface area contributed by atoms with Gasteiger partial charge in [-0.1, -0.05) is 0 Å². The summed E-state index contributed by atoms with van der Waals surface area (Å²) in [5.74, 6) is -0.860. The standard InChI is InChI=1S/C13H23NO5S/c1-13(2)8-10(3-5-19-13)14-4-6-20(17,18)9-11(14)7-12(15)16/h10-11H,3-9H2,1-2H3,(H,15,16). The van der Waals surface area contributed by atoms with Crippen LogP contribution in [0.3, 0.4) is 0 Å². The zero-order valence-corrected chi connectivity index (χ0v) is 12.9. The minimum absolute atomic E-state index is 0.0446. The predicted molar refractivity (Wildman–Crippen MR) is 74.5 cm³/mol. The first-order valence-electron chi connectivity index (χ1n) is 7.00. The molecule has 0 bridgehead atoms. The molecule has 0 aromatic heterocycles. The van der Waals surface area contributed by atoms with Gasteiger partial charge in [0.25, 0.3) is 0 Å². The number of carbonyl (C=O) groups is 1. The van der Waals surface area contributed by atoms with Gasteiger partial charge in [0, 0.05) is 25.2 Å². The number of aliphatic carboxylic acids is 1. The molecule has 2 saturated heterocycles. The lowest BCUT2D eigenvalue weighted by atomic mass is 9.91. The largest absolute Gasteiger partial charge is 0.481 e. The van der Waals surface area contributed by atoms with Crippen LogP contribution in [-0.2, 0) is 19.4 Å². The second kappa shape index (κ2) is 5.61. The van der Waals surface area contributed by atoms with Gasteiger partial charge in [0.05, 0.1) is 23.5 Å². The molecule has 0 radical (unpaired) electrons. The number of rotatable bonds is 3. The number of hydrogen-bond acceptors (Lipinski definition) is 5. The molecule has 0 amide bonds. The van der Waals surface area contributed by atoms with Crippen molar-refractivity contribution in [1.82, 2.24) is 4.90 Å². The van der Waals surface area contributed by atoms with Gasteiger partial charge < -0.3 is 9.84 Å². The zero-order chi connectivity index (χ0) is 15.0. The molecule has 7 heteroatoms. The highest BCUT2D eigenvalue weighted by atomic mass is 32.2. The van der Waals surface area contributed by atoms with E-state index < -0.39 is 21.8 Å². The molecule has 2 aliphatic rings. The monoisotopic (exact) mass is 305 g/mol. The van der Waals surface area contributed by atoms with Crippen molar-refractivity contribution in [1.29, 1.82) is 0 Å². The summed E-state index contributed by atoms with van der Waals surface area (Å²) in [6.45, 7) is 5.11. The Balaban J connectivity index is 2.13. The Bertz CT molecular complexity index is 473. The van der Waals surface area contributed by atoms with E-state index in [0.29, 0.717) is 13.2 Å². The molecule has 1 N–H and O–H groups in total. The molecule has 2 unspecified atom stereocenters. The van der Waals surface area contributed by atoms with E-state index in [0.717, 1.165) is 12.8 Å². The van der Waals surface area contributed by atoms with Crippen LogP contribution in [0.15, 0.2) is 0 Å². The Morgan fingerprint density at radius 3 is 2.75 bits per heavy atom. The van der Waals surface area contributed by atoms with E-state index >= 15 is 0 Å². The summed E-state index contributed by atoms with van der Waals surface area (Å²) in [6.07, 6.45) is 1.53. The number of carboxylic acid groups (broad SMARTS) is 1. The van der Waals surface area contributed by atoms with Crippen molar-refractivity contribution in [2.24, 2.45) is 0 Å². The molecule has 0 aromatic carbocycles. The van der Waals surface area contributed by atoms with Crippen LogP contribution in [0.5, 0.6) is 0 Å². The average molecular weight is 305 g/mol. The van der Waals surface area contributed by atoms with Crippen molar-refractivity contribution in [2.45, 2.75) is 50.8 Å². The minimum Gasteiger partial charge on any atom is -0.481 e. The van der Waals surface area contributed by atoms with E-state index in [1.165, 1.54) is 0 Å². The zero-order valence-electron chi connectivity index (χ0n) is 12.0. The molecule has 0 spiro atoms. The summed E-state index contributed by atoms with van der Waals surface area (Å²) < 4.78 is 29.2. The first-order chi connectivity index (χ1) is 9.19. The van der Waals surface area contributed by atoms with Crippen LogP contribution in [0.4, 0.5) is 0 Å². The molecule has 2 heterocycles. The summed E-state index contributed by atoms with van der Waals surface area (Å²) in [7, 11) is -3.11. The second-order valence-electron chi connectivity index (χ2n) is 6.36. The molecule has 6 nitrogen and oxygen atoms in total. The molecule has 0 aromatic rings. The van der Waals surface area contributed by atoms with Crippen LogP contribution in [0, 0.1) is 0 Å². The van der Waals surface area contributed by atoms with Crippen LogP contribution in [-0.4, -0.2) is 66.7 Å². The van der Waals surface area contributed by atoms with Gasteiger partial charge in [0.2, 0.25) is 0 Å². The molecule has 0 saturated carbocycles. The molecule has 116 valence electrons. The van der Waals surface area contributed by atoms with Gasteiger partial charge in [0.15, 0.2) is 9.84 Å². The lowest BCUT2D eigenvalue weighted by molar-refractivity contribution is -0.139. The number of nitrogens with zero attached hydrogens (tertiary/aromatic N) is 1. The van der Waals surface area contributed by atoms with Crippen molar-refractivity contribution >= 4 is 15.8 Å². The molecular weight excluding hydrogens is 282 g/mol. The Morgan fingerprint density at radius 1 is 1.45 bits per heavy atom. The van der Waals surface area contributed by atoms with Crippen molar-refractivity contribution in [3.8, 4) is 0 Å². The summed E-state index contributed by atoms with van der Waals surface area (Å²) >= 11 is 0. The maximum absolute atomic E-state index is 11.8. The summed E-state index contributed by atoms with van der Waals surface area (Å²) in [5, 5.41) is 9.01. The average Bonchev–Trinajstić information content (AvgIpc) is 2.25. The molecule has 2 fully saturated rings. The highest BCUT2D eigenvalue weighted by Gasteiger charge is 2.40. The number of sulfone groups is 1. The van der Waals surface area contributed by atoms with Gasteiger partial charge in [-0.15, -0.1) is 0 Å². The van der Waals surface area contributed by atoms with E-state index in [1.807, 2.05) is 13.8 Å². The molecule has 2 atom stereocenters. The van der Waals surface area contributed by atoms with Crippen molar-refractivity contribution in [3.63, 3.8) is 0 Å². The fourth-order valence-electron chi connectivity index (χ4n) is 3.24. The van der Waals surface area contributed by atoms with Crippen LogP contribution < -0.4 is 0 Å². The van der Waals surface area contributed by atoms with Gasteiger partial charge in [-0.2, -0.15) is 0 Å². The Labute approximate surface area is 120 Å². The Hall–Kier alpha value is -0.660. The van der Waals surface area contributed by atoms with E-state index in [2.05, 4.69) is 4.90 Å². The quantitative estimate of drug-likeness (QED) is 0.818. The highest BCUT2D eigenvalue weighted by Crippen LogP contribution is 2.30. The first-order valence-corrected chi connectivity index (χ1v) is 8.83. The number of hydrogen-bond donors (Lipinski definition) is 1. The predicted octanol–water partition coefficient (Wildman–Crippen LogP) is 0.518. The smallest absolute Gasteiger partial charge is 0.304 e. The normalized spacial score (nSPS) is 33.7. The van der Waals surface area contributed by atoms with Gasteiger partial charge in [-0.3, -0.25) is 9.69 Å². The fourth-order valence-corrected chi connectivity index (χ4v) is 4.79. The topological polar surface area (TPSA) is 83.9 Å². The fraction of sp³-hybridized carbons (Fsp3) is 0.923. The highest BCUT2D eigenvalue weighted by molar-refractivity contribution is 7.91. The van der Waals surface area contributed by atoms with Crippen molar-refractivity contribution < 1.29 is 23.1 Å². The molecule has 2 aliphatic heterocycles. The number of ether oxygens (including phenoxy) is 1. The molecule has 0 aliphatic carbocycles. The van der Waals surface area contributed by atoms with E-state index in [4.69, 9.17) is 9.84 Å². The van der Waals surface area contributed by atoms with Crippen LogP contribution in [0.25, 0.3) is 0 Å². The van der Waals surface area contributed by atoms with E-state index in [9.17, 15) is 13.2 Å². The van der Waals surface area contributed by atoms with Gasteiger partial charge in [-0.25, -0.2) is 8.42 Å². The van der Waals surface area contributed by atoms with Crippen molar-refractivity contribution in [3.05, 3.63) is 0 Å². The minimum atomic E-state index is -3.11. The first kappa shape index (κ1) is 15.7. The van der Waals surface area contributed by atoms with Gasteiger partial charge in [-0.05, 0) is 26.7 Å².